The van der Waals surface area contributed by atoms with Crippen molar-refractivity contribution in [3.05, 3.63) is 35.1 Å². The molecule has 0 saturated heterocycles. The van der Waals surface area contributed by atoms with E-state index in [2.05, 4.69) is 5.32 Å². The SMILES string of the molecule is CCNC(CC(C)C)c1ccc(F)c(F)c1F. The Bertz CT molecular complexity index is 377. The average molecular weight is 245 g/mol. The summed E-state index contributed by atoms with van der Waals surface area (Å²) in [5.41, 5.74) is 0.194. The number of nitrogens with one attached hydrogen (secondary N) is 1. The van der Waals surface area contributed by atoms with Crippen LogP contribution in [0.1, 0.15) is 38.8 Å². The van der Waals surface area contributed by atoms with Gasteiger partial charge in [-0.25, -0.2) is 13.2 Å². The first-order valence-corrected chi connectivity index (χ1v) is 5.84. The van der Waals surface area contributed by atoms with Crippen LogP contribution in [-0.4, -0.2) is 6.54 Å². The van der Waals surface area contributed by atoms with Gasteiger partial charge in [-0.05, 0) is 24.9 Å². The molecule has 0 radical (unpaired) electrons. The Hall–Kier alpha value is -1.03. The van der Waals surface area contributed by atoms with Crippen molar-refractivity contribution in [3.8, 4) is 0 Å². The third-order valence-corrected chi connectivity index (χ3v) is 2.60. The van der Waals surface area contributed by atoms with E-state index in [1.165, 1.54) is 6.07 Å². The first kappa shape index (κ1) is 14.0. The molecule has 0 spiro atoms. The van der Waals surface area contributed by atoms with Crippen LogP contribution in [0.2, 0.25) is 0 Å². The van der Waals surface area contributed by atoms with E-state index in [4.69, 9.17) is 0 Å². The van der Waals surface area contributed by atoms with Crippen LogP contribution in [0.3, 0.4) is 0 Å². The molecule has 0 heterocycles. The van der Waals surface area contributed by atoms with Crippen LogP contribution in [0.25, 0.3) is 0 Å². The van der Waals surface area contributed by atoms with Crippen molar-refractivity contribution >= 4 is 0 Å². The second-order valence-corrected chi connectivity index (χ2v) is 4.50. The highest BCUT2D eigenvalue weighted by molar-refractivity contribution is 5.23. The first-order valence-electron chi connectivity index (χ1n) is 5.84. The van der Waals surface area contributed by atoms with E-state index in [1.54, 1.807) is 0 Å². The summed E-state index contributed by atoms with van der Waals surface area (Å²) in [6.45, 7) is 6.55. The van der Waals surface area contributed by atoms with E-state index >= 15 is 0 Å². The summed E-state index contributed by atoms with van der Waals surface area (Å²) in [6, 6.07) is 2.00. The maximum Gasteiger partial charge on any atom is 0.194 e. The van der Waals surface area contributed by atoms with Gasteiger partial charge in [0.05, 0.1) is 0 Å². The molecule has 1 aromatic carbocycles. The lowest BCUT2D eigenvalue weighted by Gasteiger charge is -2.21. The lowest BCUT2D eigenvalue weighted by Crippen LogP contribution is -2.24. The predicted molar refractivity (Wildman–Crippen MR) is 62.2 cm³/mol. The zero-order valence-electron chi connectivity index (χ0n) is 10.4. The number of rotatable bonds is 5. The Labute approximate surface area is 100 Å². The Balaban J connectivity index is 3.05. The average Bonchev–Trinajstić information content (AvgIpc) is 2.25. The first-order chi connectivity index (χ1) is 7.97. The van der Waals surface area contributed by atoms with E-state index in [9.17, 15) is 13.2 Å². The molecular weight excluding hydrogens is 227 g/mol. The summed E-state index contributed by atoms with van der Waals surface area (Å²) in [7, 11) is 0. The molecule has 0 aliphatic carbocycles. The van der Waals surface area contributed by atoms with E-state index in [0.29, 0.717) is 18.9 Å². The number of hydrogen-bond acceptors (Lipinski definition) is 1. The summed E-state index contributed by atoms with van der Waals surface area (Å²) in [6.07, 6.45) is 0.676. The normalized spacial score (nSPS) is 13.1. The predicted octanol–water partition coefficient (Wildman–Crippen LogP) is 3.80. The third-order valence-electron chi connectivity index (χ3n) is 2.60. The molecule has 1 unspecified atom stereocenters. The van der Waals surface area contributed by atoms with Gasteiger partial charge in [0.1, 0.15) is 0 Å². The Morgan fingerprint density at radius 1 is 1.12 bits per heavy atom. The number of benzene rings is 1. The van der Waals surface area contributed by atoms with E-state index in [-0.39, 0.29) is 11.6 Å². The van der Waals surface area contributed by atoms with Crippen molar-refractivity contribution in [1.82, 2.24) is 5.32 Å². The molecule has 1 N–H and O–H groups in total. The Morgan fingerprint density at radius 2 is 1.76 bits per heavy atom. The maximum atomic E-state index is 13.6. The molecule has 17 heavy (non-hydrogen) atoms. The maximum absolute atomic E-state index is 13.6. The fourth-order valence-electron chi connectivity index (χ4n) is 1.85. The van der Waals surface area contributed by atoms with Crippen molar-refractivity contribution in [1.29, 1.82) is 0 Å². The van der Waals surface area contributed by atoms with Crippen molar-refractivity contribution < 1.29 is 13.2 Å². The minimum Gasteiger partial charge on any atom is -0.310 e. The minimum absolute atomic E-state index is 0.194. The molecule has 0 saturated carbocycles. The van der Waals surface area contributed by atoms with Crippen LogP contribution in [0.4, 0.5) is 13.2 Å². The molecule has 1 atom stereocenters. The van der Waals surface area contributed by atoms with Gasteiger partial charge in [0.2, 0.25) is 0 Å². The highest BCUT2D eigenvalue weighted by atomic mass is 19.2. The molecule has 0 amide bonds. The molecule has 1 nitrogen and oxygen atoms in total. The van der Waals surface area contributed by atoms with Gasteiger partial charge in [0.15, 0.2) is 17.5 Å². The Kier molecular flexibility index (Phi) is 5.00. The van der Waals surface area contributed by atoms with Gasteiger partial charge in [-0.15, -0.1) is 0 Å². The second-order valence-electron chi connectivity index (χ2n) is 4.50. The summed E-state index contributed by atoms with van der Waals surface area (Å²) >= 11 is 0. The van der Waals surface area contributed by atoms with Crippen LogP contribution in [-0.2, 0) is 0 Å². The molecule has 1 rings (SSSR count). The number of halogens is 3. The van der Waals surface area contributed by atoms with Gasteiger partial charge < -0.3 is 5.32 Å². The smallest absolute Gasteiger partial charge is 0.194 e. The quantitative estimate of drug-likeness (QED) is 0.778. The Morgan fingerprint density at radius 3 is 2.29 bits per heavy atom. The molecule has 4 heteroatoms. The van der Waals surface area contributed by atoms with Crippen LogP contribution in [0.5, 0.6) is 0 Å². The van der Waals surface area contributed by atoms with Gasteiger partial charge in [-0.2, -0.15) is 0 Å². The summed E-state index contributed by atoms with van der Waals surface area (Å²) in [5, 5.41) is 3.09. The highest BCUT2D eigenvalue weighted by Gasteiger charge is 2.20. The third kappa shape index (κ3) is 3.46. The van der Waals surface area contributed by atoms with Crippen LogP contribution in [0, 0.1) is 23.4 Å². The van der Waals surface area contributed by atoms with Gasteiger partial charge in [-0.3, -0.25) is 0 Å². The molecule has 0 fully saturated rings. The molecular formula is C13H18F3N. The minimum atomic E-state index is -1.39. The molecule has 96 valence electrons. The number of hydrogen-bond donors (Lipinski definition) is 1. The molecule has 1 aromatic rings. The van der Waals surface area contributed by atoms with Crippen LogP contribution < -0.4 is 5.32 Å². The lowest BCUT2D eigenvalue weighted by atomic mass is 9.96. The topological polar surface area (TPSA) is 12.0 Å². The van der Waals surface area contributed by atoms with Gasteiger partial charge >= 0.3 is 0 Å². The molecule has 0 aliphatic heterocycles. The van der Waals surface area contributed by atoms with E-state index in [1.807, 2.05) is 20.8 Å². The molecule has 0 aliphatic rings. The fourth-order valence-corrected chi connectivity index (χ4v) is 1.85. The van der Waals surface area contributed by atoms with Crippen molar-refractivity contribution in [2.24, 2.45) is 5.92 Å². The second kappa shape index (κ2) is 6.05. The lowest BCUT2D eigenvalue weighted by molar-refractivity contribution is 0.397. The summed E-state index contributed by atoms with van der Waals surface area (Å²) < 4.78 is 39.6. The standard InChI is InChI=1S/C13H18F3N/c1-4-17-11(7-8(2)3)9-5-6-10(14)13(16)12(9)15/h5-6,8,11,17H,4,7H2,1-3H3. The summed E-state index contributed by atoms with van der Waals surface area (Å²) in [4.78, 5) is 0. The van der Waals surface area contributed by atoms with Gasteiger partial charge in [0, 0.05) is 11.6 Å². The molecule has 0 bridgehead atoms. The monoisotopic (exact) mass is 245 g/mol. The van der Waals surface area contributed by atoms with Crippen molar-refractivity contribution in [2.45, 2.75) is 33.2 Å². The van der Waals surface area contributed by atoms with Crippen LogP contribution >= 0.6 is 0 Å². The zero-order valence-corrected chi connectivity index (χ0v) is 10.4. The largest absolute Gasteiger partial charge is 0.310 e. The van der Waals surface area contributed by atoms with Gasteiger partial charge in [0.25, 0.3) is 0 Å². The van der Waals surface area contributed by atoms with Crippen molar-refractivity contribution in [2.75, 3.05) is 6.54 Å². The van der Waals surface area contributed by atoms with Crippen molar-refractivity contribution in [3.63, 3.8) is 0 Å². The van der Waals surface area contributed by atoms with E-state index < -0.39 is 17.5 Å². The van der Waals surface area contributed by atoms with E-state index in [0.717, 1.165) is 6.07 Å². The zero-order chi connectivity index (χ0) is 13.0. The summed E-state index contributed by atoms with van der Waals surface area (Å²) in [5.74, 6) is -3.29. The fraction of sp³-hybridized carbons (Fsp3) is 0.538. The highest BCUT2D eigenvalue weighted by Crippen LogP contribution is 2.26. The van der Waals surface area contributed by atoms with Crippen LogP contribution in [0.15, 0.2) is 12.1 Å². The molecule has 0 aromatic heterocycles. The van der Waals surface area contributed by atoms with Gasteiger partial charge in [-0.1, -0.05) is 26.8 Å².